The zero-order chi connectivity index (χ0) is 14.6. The second kappa shape index (κ2) is 4.64. The number of likely N-dealkylation sites (tertiary alicyclic amines) is 1. The minimum Gasteiger partial charge on any atom is -0.311 e. The highest BCUT2D eigenvalue weighted by molar-refractivity contribution is 5.77. The lowest BCUT2D eigenvalue weighted by Crippen LogP contribution is -2.45. The van der Waals surface area contributed by atoms with E-state index in [-0.39, 0.29) is 11.6 Å². The molecule has 2 bridgehead atoms. The van der Waals surface area contributed by atoms with Crippen LogP contribution >= 0.6 is 0 Å². The molecule has 21 heavy (non-hydrogen) atoms. The van der Waals surface area contributed by atoms with Crippen LogP contribution in [0.2, 0.25) is 0 Å². The Morgan fingerprint density at radius 3 is 2.90 bits per heavy atom. The Labute approximate surface area is 123 Å². The van der Waals surface area contributed by atoms with Crippen molar-refractivity contribution >= 4 is 10.9 Å². The van der Waals surface area contributed by atoms with Gasteiger partial charge in [0, 0.05) is 32.2 Å². The zero-order valence-corrected chi connectivity index (χ0v) is 12.4. The van der Waals surface area contributed by atoms with E-state index in [4.69, 9.17) is 4.98 Å². The van der Waals surface area contributed by atoms with Crippen molar-refractivity contribution in [1.29, 1.82) is 0 Å². The summed E-state index contributed by atoms with van der Waals surface area (Å²) in [7, 11) is 1.83. The maximum atomic E-state index is 12.5. The van der Waals surface area contributed by atoms with Crippen LogP contribution in [0, 0.1) is 0 Å². The lowest BCUT2D eigenvalue weighted by Gasteiger charge is -2.33. The van der Waals surface area contributed by atoms with Crippen LogP contribution in [0.15, 0.2) is 29.1 Å². The van der Waals surface area contributed by atoms with Crippen molar-refractivity contribution in [2.24, 2.45) is 7.05 Å². The van der Waals surface area contributed by atoms with Gasteiger partial charge in [-0.15, -0.1) is 0 Å². The average molecular weight is 284 g/mol. The van der Waals surface area contributed by atoms with Crippen molar-refractivity contribution in [2.45, 2.75) is 31.5 Å². The minimum atomic E-state index is 0.0462. The van der Waals surface area contributed by atoms with Crippen LogP contribution in [-0.4, -0.2) is 39.6 Å². The predicted octanol–water partition coefficient (Wildman–Crippen LogP) is 1.04. The maximum Gasteiger partial charge on any atom is 0.261 e. The molecule has 2 saturated heterocycles. The van der Waals surface area contributed by atoms with Crippen molar-refractivity contribution in [3.8, 4) is 0 Å². The first-order valence-electron chi connectivity index (χ1n) is 7.60. The molecule has 0 amide bonds. The van der Waals surface area contributed by atoms with Crippen molar-refractivity contribution < 1.29 is 0 Å². The van der Waals surface area contributed by atoms with Gasteiger partial charge < -0.3 is 5.32 Å². The number of fused-ring (bicyclic) bond motifs is 3. The van der Waals surface area contributed by atoms with Gasteiger partial charge in [-0.3, -0.25) is 14.3 Å². The quantitative estimate of drug-likeness (QED) is 0.895. The molecule has 3 unspecified atom stereocenters. The Hall–Kier alpha value is -1.72. The largest absolute Gasteiger partial charge is 0.311 e. The molecule has 3 atom stereocenters. The molecule has 0 saturated carbocycles. The number of piperazine rings is 1. The molecule has 3 heterocycles. The summed E-state index contributed by atoms with van der Waals surface area (Å²) in [6.07, 6.45) is 1.21. The van der Waals surface area contributed by atoms with Crippen molar-refractivity contribution in [1.82, 2.24) is 19.8 Å². The minimum absolute atomic E-state index is 0.0462. The third-order valence-corrected chi connectivity index (χ3v) is 4.99. The van der Waals surface area contributed by atoms with Gasteiger partial charge in [-0.1, -0.05) is 12.1 Å². The number of nitrogens with one attached hydrogen (secondary N) is 1. The topological polar surface area (TPSA) is 50.2 Å². The van der Waals surface area contributed by atoms with Crippen LogP contribution in [0.5, 0.6) is 0 Å². The van der Waals surface area contributed by atoms with Crippen LogP contribution in [-0.2, 0) is 7.05 Å². The van der Waals surface area contributed by atoms with Gasteiger partial charge in [0.05, 0.1) is 16.9 Å². The van der Waals surface area contributed by atoms with Crippen molar-refractivity contribution in [3.05, 3.63) is 40.4 Å². The van der Waals surface area contributed by atoms with Crippen LogP contribution < -0.4 is 10.9 Å². The molecule has 0 aliphatic carbocycles. The number of rotatable bonds is 2. The molecular weight excluding hydrogens is 264 g/mol. The summed E-state index contributed by atoms with van der Waals surface area (Å²) < 4.78 is 1.71. The normalized spacial score (nSPS) is 26.6. The van der Waals surface area contributed by atoms with E-state index in [0.717, 1.165) is 24.4 Å². The molecule has 110 valence electrons. The molecule has 0 spiro atoms. The first-order valence-corrected chi connectivity index (χ1v) is 7.60. The summed E-state index contributed by atoms with van der Waals surface area (Å²) in [6, 6.07) is 8.95. The molecule has 1 aromatic carbocycles. The Balaban J connectivity index is 1.79. The summed E-state index contributed by atoms with van der Waals surface area (Å²) in [6.45, 7) is 4.27. The van der Waals surface area contributed by atoms with Gasteiger partial charge in [0.15, 0.2) is 0 Å². The molecule has 0 radical (unpaired) electrons. The van der Waals surface area contributed by atoms with Crippen LogP contribution in [0.25, 0.3) is 10.9 Å². The summed E-state index contributed by atoms with van der Waals surface area (Å²) >= 11 is 0. The number of aromatic nitrogens is 2. The second-order valence-electron chi connectivity index (χ2n) is 6.22. The highest BCUT2D eigenvalue weighted by Crippen LogP contribution is 2.31. The van der Waals surface area contributed by atoms with Crippen molar-refractivity contribution in [3.63, 3.8) is 0 Å². The second-order valence-corrected chi connectivity index (χ2v) is 6.22. The van der Waals surface area contributed by atoms with Gasteiger partial charge in [-0.2, -0.15) is 0 Å². The zero-order valence-electron chi connectivity index (χ0n) is 12.4. The molecule has 4 rings (SSSR count). The molecule has 5 nitrogen and oxygen atoms in total. The Morgan fingerprint density at radius 2 is 2.19 bits per heavy atom. The summed E-state index contributed by atoms with van der Waals surface area (Å²) in [5.41, 5.74) is 0.842. The van der Waals surface area contributed by atoms with E-state index in [1.165, 1.54) is 6.42 Å². The molecule has 2 fully saturated rings. The van der Waals surface area contributed by atoms with Gasteiger partial charge in [-0.25, -0.2) is 4.98 Å². The van der Waals surface area contributed by atoms with E-state index in [2.05, 4.69) is 17.1 Å². The van der Waals surface area contributed by atoms with Crippen LogP contribution in [0.1, 0.15) is 25.2 Å². The molecule has 2 aliphatic rings. The number of hydrogen-bond acceptors (Lipinski definition) is 4. The summed E-state index contributed by atoms with van der Waals surface area (Å²) in [4.78, 5) is 19.8. The lowest BCUT2D eigenvalue weighted by molar-refractivity contribution is 0.161. The summed E-state index contributed by atoms with van der Waals surface area (Å²) in [5, 5.41) is 4.21. The van der Waals surface area contributed by atoms with Gasteiger partial charge in [0.25, 0.3) is 5.56 Å². The van der Waals surface area contributed by atoms with E-state index in [9.17, 15) is 4.79 Å². The van der Waals surface area contributed by atoms with E-state index in [0.29, 0.717) is 17.5 Å². The highest BCUT2D eigenvalue weighted by Gasteiger charge is 2.40. The third kappa shape index (κ3) is 1.92. The standard InChI is InChI=1S/C16H20N4O/c1-10(20-9-11-7-12(20)8-17-11)15-18-14-6-4-3-5-13(14)16(21)19(15)2/h3-6,10-12,17H,7-9H2,1-2H3. The van der Waals surface area contributed by atoms with Gasteiger partial charge in [0.2, 0.25) is 0 Å². The number of nitrogens with zero attached hydrogens (tertiary/aromatic N) is 3. The molecule has 1 aromatic heterocycles. The predicted molar refractivity (Wildman–Crippen MR) is 82.3 cm³/mol. The number of hydrogen-bond donors (Lipinski definition) is 1. The van der Waals surface area contributed by atoms with Crippen LogP contribution in [0.4, 0.5) is 0 Å². The van der Waals surface area contributed by atoms with E-state index < -0.39 is 0 Å². The van der Waals surface area contributed by atoms with Gasteiger partial charge >= 0.3 is 0 Å². The molecule has 5 heteroatoms. The van der Waals surface area contributed by atoms with E-state index in [1.807, 2.05) is 31.3 Å². The first-order chi connectivity index (χ1) is 10.1. The van der Waals surface area contributed by atoms with E-state index >= 15 is 0 Å². The SMILES string of the molecule is CC(c1nc2ccccc2c(=O)n1C)N1CC2CC1CN2. The van der Waals surface area contributed by atoms with Crippen LogP contribution in [0.3, 0.4) is 0 Å². The van der Waals surface area contributed by atoms with Gasteiger partial charge in [-0.05, 0) is 25.5 Å². The molecule has 2 aromatic rings. The smallest absolute Gasteiger partial charge is 0.261 e. The fourth-order valence-electron chi connectivity index (χ4n) is 3.82. The fourth-order valence-corrected chi connectivity index (χ4v) is 3.82. The number of para-hydroxylation sites is 1. The maximum absolute atomic E-state index is 12.5. The lowest BCUT2D eigenvalue weighted by atomic mass is 10.2. The monoisotopic (exact) mass is 284 g/mol. The first kappa shape index (κ1) is 13.0. The molecular formula is C16H20N4O. The third-order valence-electron chi connectivity index (χ3n) is 4.99. The Bertz CT molecular complexity index is 754. The fraction of sp³-hybridized carbons (Fsp3) is 0.500. The summed E-state index contributed by atoms with van der Waals surface area (Å²) in [5.74, 6) is 0.867. The van der Waals surface area contributed by atoms with E-state index in [1.54, 1.807) is 4.57 Å². The Kier molecular flexibility index (Phi) is 2.87. The average Bonchev–Trinajstić information content (AvgIpc) is 3.13. The van der Waals surface area contributed by atoms with Crippen molar-refractivity contribution in [2.75, 3.05) is 13.1 Å². The van der Waals surface area contributed by atoms with Gasteiger partial charge in [0.1, 0.15) is 5.82 Å². The highest BCUT2D eigenvalue weighted by atomic mass is 16.1. The number of benzene rings is 1. The molecule has 1 N–H and O–H groups in total. The Morgan fingerprint density at radius 1 is 1.38 bits per heavy atom. The molecule has 2 aliphatic heterocycles.